The fourth-order valence-corrected chi connectivity index (χ4v) is 4.44. The zero-order valence-electron chi connectivity index (χ0n) is 14.8. The van der Waals surface area contributed by atoms with Crippen LogP contribution in [0.1, 0.15) is 5.56 Å². The van der Waals surface area contributed by atoms with Crippen LogP contribution in [-0.4, -0.2) is 54.6 Å². The van der Waals surface area contributed by atoms with E-state index in [2.05, 4.69) is 0 Å². The number of non-ortho nitro benzene ring substituents is 1. The molecule has 0 unspecified atom stereocenters. The summed E-state index contributed by atoms with van der Waals surface area (Å²) in [5, 5.41) is 10.9. The summed E-state index contributed by atoms with van der Waals surface area (Å²) in [6.07, 6.45) is 0.109. The van der Waals surface area contributed by atoms with Crippen molar-refractivity contribution in [1.82, 2.24) is 9.21 Å². The van der Waals surface area contributed by atoms with Crippen molar-refractivity contribution in [3.8, 4) is 0 Å². The molecule has 2 aromatic rings. The largest absolute Gasteiger partial charge is 0.340 e. The predicted molar refractivity (Wildman–Crippen MR) is 98.5 cm³/mol. The molecule has 2 aromatic carbocycles. The van der Waals surface area contributed by atoms with E-state index in [0.717, 1.165) is 6.07 Å². The lowest BCUT2D eigenvalue weighted by Gasteiger charge is -2.34. The standard InChI is InChI=1S/C18H18FN3O5S/c19-15-6-4-14(5-7-15)12-18(23)20-8-10-21(11-9-20)28(26,27)17-3-1-2-16(13-17)22(24)25/h1-7,13H,8-12H2. The van der Waals surface area contributed by atoms with E-state index in [4.69, 9.17) is 0 Å². The van der Waals surface area contributed by atoms with Gasteiger partial charge in [0.25, 0.3) is 5.69 Å². The number of carbonyl (C=O) groups excluding carboxylic acids is 1. The van der Waals surface area contributed by atoms with E-state index in [0.29, 0.717) is 5.56 Å². The Morgan fingerprint density at radius 1 is 1.07 bits per heavy atom. The van der Waals surface area contributed by atoms with Gasteiger partial charge in [-0.2, -0.15) is 4.31 Å². The second kappa shape index (κ2) is 8.03. The summed E-state index contributed by atoms with van der Waals surface area (Å²) < 4.78 is 39.6. The highest BCUT2D eigenvalue weighted by Crippen LogP contribution is 2.22. The minimum Gasteiger partial charge on any atom is -0.340 e. The SMILES string of the molecule is O=C(Cc1ccc(F)cc1)N1CCN(S(=O)(=O)c2cccc([N+](=O)[O-])c2)CC1. The Kier molecular flexibility index (Phi) is 5.71. The highest BCUT2D eigenvalue weighted by atomic mass is 32.2. The molecular formula is C18H18FN3O5S. The number of sulfonamides is 1. The van der Waals surface area contributed by atoms with Crippen molar-refractivity contribution in [3.63, 3.8) is 0 Å². The molecule has 28 heavy (non-hydrogen) atoms. The number of benzene rings is 2. The van der Waals surface area contributed by atoms with E-state index in [1.807, 2.05) is 0 Å². The van der Waals surface area contributed by atoms with E-state index >= 15 is 0 Å². The van der Waals surface area contributed by atoms with Crippen molar-refractivity contribution in [2.24, 2.45) is 0 Å². The number of halogens is 1. The summed E-state index contributed by atoms with van der Waals surface area (Å²) in [5.41, 5.74) is 0.382. The molecule has 1 fully saturated rings. The molecule has 1 heterocycles. The third-order valence-electron chi connectivity index (χ3n) is 4.53. The Hall–Kier alpha value is -2.85. The van der Waals surface area contributed by atoms with Crippen LogP contribution in [0.3, 0.4) is 0 Å². The normalized spacial score (nSPS) is 15.4. The predicted octanol–water partition coefficient (Wildman–Crippen LogP) is 1.81. The zero-order chi connectivity index (χ0) is 20.3. The van der Waals surface area contributed by atoms with Gasteiger partial charge in [0.05, 0.1) is 16.2 Å². The van der Waals surface area contributed by atoms with Gasteiger partial charge in [0, 0.05) is 38.3 Å². The van der Waals surface area contributed by atoms with Gasteiger partial charge in [0.15, 0.2) is 0 Å². The Morgan fingerprint density at radius 3 is 2.32 bits per heavy atom. The van der Waals surface area contributed by atoms with Crippen LogP contribution in [0, 0.1) is 15.9 Å². The van der Waals surface area contributed by atoms with Crippen molar-refractivity contribution < 1.29 is 22.5 Å². The number of piperazine rings is 1. The van der Waals surface area contributed by atoms with Gasteiger partial charge < -0.3 is 4.90 Å². The molecule has 1 saturated heterocycles. The lowest BCUT2D eigenvalue weighted by atomic mass is 10.1. The van der Waals surface area contributed by atoms with Gasteiger partial charge in [0.2, 0.25) is 15.9 Å². The van der Waals surface area contributed by atoms with Crippen LogP contribution in [-0.2, 0) is 21.2 Å². The van der Waals surface area contributed by atoms with Crippen molar-refractivity contribution in [3.05, 3.63) is 70.0 Å². The molecule has 0 radical (unpaired) electrons. The first kappa shape index (κ1) is 19.9. The first-order valence-corrected chi connectivity index (χ1v) is 9.98. The van der Waals surface area contributed by atoms with Crippen LogP contribution in [0.5, 0.6) is 0 Å². The zero-order valence-corrected chi connectivity index (χ0v) is 15.6. The Labute approximate surface area is 161 Å². The molecule has 1 aliphatic rings. The second-order valence-corrected chi connectivity index (χ2v) is 8.28. The lowest BCUT2D eigenvalue weighted by molar-refractivity contribution is -0.385. The minimum absolute atomic E-state index is 0.0974. The summed E-state index contributed by atoms with van der Waals surface area (Å²) in [5.74, 6) is -0.546. The minimum atomic E-state index is -3.88. The fourth-order valence-electron chi connectivity index (χ4n) is 2.97. The van der Waals surface area contributed by atoms with Gasteiger partial charge in [-0.05, 0) is 23.8 Å². The topological polar surface area (TPSA) is 101 Å². The maximum atomic E-state index is 12.9. The summed E-state index contributed by atoms with van der Waals surface area (Å²) in [6.45, 7) is 0.628. The quantitative estimate of drug-likeness (QED) is 0.556. The lowest BCUT2D eigenvalue weighted by Crippen LogP contribution is -2.50. The smallest absolute Gasteiger partial charge is 0.270 e. The van der Waals surface area contributed by atoms with E-state index < -0.39 is 14.9 Å². The first-order valence-electron chi connectivity index (χ1n) is 8.54. The number of amides is 1. The van der Waals surface area contributed by atoms with E-state index in [1.54, 1.807) is 4.90 Å². The average Bonchev–Trinajstić information content (AvgIpc) is 2.70. The number of rotatable bonds is 5. The van der Waals surface area contributed by atoms with Crippen LogP contribution in [0.2, 0.25) is 0 Å². The van der Waals surface area contributed by atoms with Crippen LogP contribution in [0.25, 0.3) is 0 Å². The van der Waals surface area contributed by atoms with Gasteiger partial charge in [-0.15, -0.1) is 0 Å². The molecule has 0 atom stereocenters. The number of nitrogens with zero attached hydrogens (tertiary/aromatic N) is 3. The monoisotopic (exact) mass is 407 g/mol. The summed E-state index contributed by atoms with van der Waals surface area (Å²) in [4.78, 5) is 24.0. The number of carbonyl (C=O) groups is 1. The van der Waals surface area contributed by atoms with Gasteiger partial charge in [-0.25, -0.2) is 12.8 Å². The maximum Gasteiger partial charge on any atom is 0.270 e. The van der Waals surface area contributed by atoms with Gasteiger partial charge in [-0.1, -0.05) is 18.2 Å². The summed E-state index contributed by atoms with van der Waals surface area (Å²) >= 11 is 0. The highest BCUT2D eigenvalue weighted by Gasteiger charge is 2.30. The molecule has 0 saturated carbocycles. The Bertz CT molecular complexity index is 987. The number of nitro groups is 1. The van der Waals surface area contributed by atoms with Crippen LogP contribution >= 0.6 is 0 Å². The van der Waals surface area contributed by atoms with Crippen molar-refractivity contribution in [1.29, 1.82) is 0 Å². The number of hydrogen-bond acceptors (Lipinski definition) is 5. The fraction of sp³-hybridized carbons (Fsp3) is 0.278. The molecule has 0 aromatic heterocycles. The molecule has 148 valence electrons. The summed E-state index contributed by atoms with van der Waals surface area (Å²) in [7, 11) is -3.88. The van der Waals surface area contributed by atoms with Gasteiger partial charge >= 0.3 is 0 Å². The van der Waals surface area contributed by atoms with Crippen molar-refractivity contribution >= 4 is 21.6 Å². The molecule has 0 aliphatic carbocycles. The maximum absolute atomic E-state index is 12.9. The molecule has 1 amide bonds. The molecule has 0 spiro atoms. The summed E-state index contributed by atoms with van der Waals surface area (Å²) in [6, 6.07) is 10.5. The third-order valence-corrected chi connectivity index (χ3v) is 6.42. The molecule has 1 aliphatic heterocycles. The van der Waals surface area contributed by atoms with E-state index in [9.17, 15) is 27.7 Å². The number of nitro benzene ring substituents is 1. The molecule has 0 bridgehead atoms. The molecule has 0 N–H and O–H groups in total. The average molecular weight is 407 g/mol. The molecule has 8 nitrogen and oxygen atoms in total. The van der Waals surface area contributed by atoms with E-state index in [-0.39, 0.29) is 54.9 Å². The first-order chi connectivity index (χ1) is 13.3. The van der Waals surface area contributed by atoms with Crippen molar-refractivity contribution in [2.45, 2.75) is 11.3 Å². The van der Waals surface area contributed by atoms with Crippen LogP contribution in [0.15, 0.2) is 53.4 Å². The second-order valence-electron chi connectivity index (χ2n) is 6.34. The molecule has 10 heteroatoms. The van der Waals surface area contributed by atoms with Gasteiger partial charge in [0.1, 0.15) is 5.82 Å². The van der Waals surface area contributed by atoms with Crippen LogP contribution in [0.4, 0.5) is 10.1 Å². The Balaban J connectivity index is 1.64. The van der Waals surface area contributed by atoms with E-state index in [1.165, 1.54) is 46.8 Å². The van der Waals surface area contributed by atoms with Gasteiger partial charge in [-0.3, -0.25) is 14.9 Å². The van der Waals surface area contributed by atoms with Crippen molar-refractivity contribution in [2.75, 3.05) is 26.2 Å². The molecular weight excluding hydrogens is 389 g/mol. The number of hydrogen-bond donors (Lipinski definition) is 0. The Morgan fingerprint density at radius 2 is 1.71 bits per heavy atom. The van der Waals surface area contributed by atoms with Crippen LogP contribution < -0.4 is 0 Å². The third kappa shape index (κ3) is 4.34. The molecule has 3 rings (SSSR count). The highest BCUT2D eigenvalue weighted by molar-refractivity contribution is 7.89.